The maximum atomic E-state index is 13.6. The Labute approximate surface area is 188 Å². The second-order valence-electron chi connectivity index (χ2n) is 8.70. The van der Waals surface area contributed by atoms with Crippen molar-refractivity contribution in [2.45, 2.75) is 32.1 Å². The van der Waals surface area contributed by atoms with Crippen molar-refractivity contribution in [3.63, 3.8) is 0 Å². The molecule has 2 aliphatic rings. The summed E-state index contributed by atoms with van der Waals surface area (Å²) in [6.45, 7) is 2.86. The highest BCUT2D eigenvalue weighted by atomic mass is 16.2. The van der Waals surface area contributed by atoms with E-state index in [0.29, 0.717) is 18.7 Å². The Morgan fingerprint density at radius 3 is 2.31 bits per heavy atom. The van der Waals surface area contributed by atoms with Crippen LogP contribution in [0.15, 0.2) is 61.1 Å². The molecule has 0 bridgehead atoms. The summed E-state index contributed by atoms with van der Waals surface area (Å²) in [4.78, 5) is 30.6. The molecule has 2 amide bonds. The van der Waals surface area contributed by atoms with Crippen LogP contribution >= 0.6 is 0 Å². The number of para-hydroxylation sites is 1. The lowest BCUT2D eigenvalue weighted by molar-refractivity contribution is -0.137. The van der Waals surface area contributed by atoms with Gasteiger partial charge in [0, 0.05) is 38.6 Å². The summed E-state index contributed by atoms with van der Waals surface area (Å²) in [6.07, 6.45) is 10.6. The van der Waals surface area contributed by atoms with Crippen molar-refractivity contribution in [1.82, 2.24) is 24.1 Å². The van der Waals surface area contributed by atoms with Crippen molar-refractivity contribution < 1.29 is 9.59 Å². The number of hydrogen-bond acceptors (Lipinski definition) is 3. The number of amides is 2. The summed E-state index contributed by atoms with van der Waals surface area (Å²) in [7, 11) is 0. The minimum atomic E-state index is -0.106. The van der Waals surface area contributed by atoms with Crippen LogP contribution in [0.5, 0.6) is 0 Å². The van der Waals surface area contributed by atoms with E-state index >= 15 is 0 Å². The number of nitrogens with zero attached hydrogens (tertiary/aromatic N) is 5. The summed E-state index contributed by atoms with van der Waals surface area (Å²) in [5.41, 5.74) is 1.45. The molecule has 2 aromatic heterocycles. The zero-order valence-electron chi connectivity index (χ0n) is 18.3. The molecule has 2 fully saturated rings. The smallest absolute Gasteiger partial charge is 0.259 e. The Balaban J connectivity index is 1.41. The van der Waals surface area contributed by atoms with E-state index in [1.54, 1.807) is 10.9 Å². The lowest BCUT2D eigenvalue weighted by Gasteiger charge is -2.36. The first-order valence-corrected chi connectivity index (χ1v) is 11.6. The van der Waals surface area contributed by atoms with Gasteiger partial charge in [-0.15, -0.1) is 0 Å². The van der Waals surface area contributed by atoms with E-state index in [2.05, 4.69) is 5.10 Å². The number of rotatable bonds is 4. The highest BCUT2D eigenvalue weighted by molar-refractivity contribution is 5.97. The fourth-order valence-corrected chi connectivity index (χ4v) is 4.88. The van der Waals surface area contributed by atoms with E-state index in [1.807, 2.05) is 69.2 Å². The zero-order chi connectivity index (χ0) is 21.9. The van der Waals surface area contributed by atoms with Crippen LogP contribution in [0.1, 0.15) is 42.5 Å². The molecule has 0 radical (unpaired) electrons. The Hall–Kier alpha value is -3.35. The molecule has 166 valence electrons. The third-order valence-corrected chi connectivity index (χ3v) is 6.55. The second kappa shape index (κ2) is 9.02. The number of piperidine rings is 2. The maximum absolute atomic E-state index is 13.6. The number of aromatic nitrogens is 3. The van der Waals surface area contributed by atoms with E-state index in [1.165, 1.54) is 6.42 Å². The molecule has 2 aliphatic heterocycles. The monoisotopic (exact) mass is 431 g/mol. The summed E-state index contributed by atoms with van der Waals surface area (Å²) >= 11 is 0. The van der Waals surface area contributed by atoms with Gasteiger partial charge in [0.1, 0.15) is 5.56 Å². The van der Waals surface area contributed by atoms with Gasteiger partial charge in [-0.2, -0.15) is 5.10 Å². The Morgan fingerprint density at radius 2 is 1.56 bits per heavy atom. The molecule has 3 aromatic rings. The van der Waals surface area contributed by atoms with E-state index in [4.69, 9.17) is 0 Å². The number of benzene rings is 1. The third-order valence-electron chi connectivity index (χ3n) is 6.55. The molecular weight excluding hydrogens is 402 g/mol. The number of hydrogen-bond donors (Lipinski definition) is 0. The van der Waals surface area contributed by atoms with Crippen LogP contribution in [-0.4, -0.2) is 62.1 Å². The van der Waals surface area contributed by atoms with Crippen molar-refractivity contribution in [3.05, 3.63) is 66.6 Å². The summed E-state index contributed by atoms with van der Waals surface area (Å²) in [5.74, 6) is 0.764. The molecule has 32 heavy (non-hydrogen) atoms. The van der Waals surface area contributed by atoms with Gasteiger partial charge in [0.05, 0.1) is 17.8 Å². The van der Waals surface area contributed by atoms with Gasteiger partial charge in [-0.1, -0.05) is 18.2 Å². The van der Waals surface area contributed by atoms with Gasteiger partial charge in [0.15, 0.2) is 5.82 Å². The van der Waals surface area contributed by atoms with Gasteiger partial charge in [-0.3, -0.25) is 9.59 Å². The molecule has 0 aliphatic carbocycles. The number of carbonyl (C=O) groups excluding carboxylic acids is 2. The van der Waals surface area contributed by atoms with Gasteiger partial charge in [-0.25, -0.2) is 4.68 Å². The molecule has 1 atom stereocenters. The van der Waals surface area contributed by atoms with Crippen molar-refractivity contribution in [3.8, 4) is 11.5 Å². The largest absolute Gasteiger partial charge is 0.342 e. The van der Waals surface area contributed by atoms with Crippen LogP contribution in [0, 0.1) is 5.92 Å². The van der Waals surface area contributed by atoms with Gasteiger partial charge in [0.25, 0.3) is 5.91 Å². The van der Waals surface area contributed by atoms with Crippen LogP contribution in [-0.2, 0) is 4.79 Å². The minimum absolute atomic E-state index is 0.0629. The van der Waals surface area contributed by atoms with Crippen molar-refractivity contribution in [2.24, 2.45) is 5.92 Å². The fourth-order valence-electron chi connectivity index (χ4n) is 4.88. The number of likely N-dealkylation sites (tertiary alicyclic amines) is 2. The van der Waals surface area contributed by atoms with Crippen LogP contribution in [0.3, 0.4) is 0 Å². The van der Waals surface area contributed by atoms with Crippen LogP contribution in [0.25, 0.3) is 11.5 Å². The lowest BCUT2D eigenvalue weighted by Crippen LogP contribution is -2.48. The maximum Gasteiger partial charge on any atom is 0.259 e. The fraction of sp³-hybridized carbons (Fsp3) is 0.400. The molecule has 5 rings (SSSR count). The standard InChI is InChI=1S/C25H29N5O2/c31-24(28-15-5-2-6-16-28)20-10-9-17-29(19-20)25(32)22-18-26-30(21-11-3-1-4-12-21)23(22)27-13-7-8-14-27/h1,3-4,7-8,11-14,18,20H,2,5-6,9-10,15-17,19H2/t20-/m1/s1. The molecule has 7 nitrogen and oxygen atoms in total. The molecule has 0 N–H and O–H groups in total. The summed E-state index contributed by atoms with van der Waals surface area (Å²) in [6, 6.07) is 13.7. The predicted octanol–water partition coefficient (Wildman–Crippen LogP) is 3.53. The van der Waals surface area contributed by atoms with Crippen LogP contribution in [0.2, 0.25) is 0 Å². The van der Waals surface area contributed by atoms with E-state index < -0.39 is 0 Å². The number of carbonyl (C=O) groups is 2. The average molecular weight is 432 g/mol. The van der Waals surface area contributed by atoms with Crippen molar-refractivity contribution in [2.75, 3.05) is 26.2 Å². The van der Waals surface area contributed by atoms with Gasteiger partial charge in [-0.05, 0) is 56.4 Å². The SMILES string of the molecule is O=C(c1cnn(-c2ccccc2)c1-n1cccc1)N1CCC[C@@H](C(=O)N2CCCCC2)C1. The van der Waals surface area contributed by atoms with Crippen molar-refractivity contribution >= 4 is 11.8 Å². The first-order valence-electron chi connectivity index (χ1n) is 11.6. The predicted molar refractivity (Wildman–Crippen MR) is 122 cm³/mol. The van der Waals surface area contributed by atoms with E-state index in [9.17, 15) is 9.59 Å². The highest BCUT2D eigenvalue weighted by Gasteiger charge is 2.33. The lowest BCUT2D eigenvalue weighted by atomic mass is 9.95. The molecular formula is C25H29N5O2. The Morgan fingerprint density at radius 1 is 0.844 bits per heavy atom. The van der Waals surface area contributed by atoms with Crippen LogP contribution < -0.4 is 0 Å². The molecule has 1 aromatic carbocycles. The first kappa shape index (κ1) is 20.5. The molecule has 2 saturated heterocycles. The van der Waals surface area contributed by atoms with Crippen LogP contribution in [0.4, 0.5) is 0 Å². The van der Waals surface area contributed by atoms with E-state index in [-0.39, 0.29) is 17.7 Å². The minimum Gasteiger partial charge on any atom is -0.342 e. The highest BCUT2D eigenvalue weighted by Crippen LogP contribution is 2.26. The van der Waals surface area contributed by atoms with Gasteiger partial charge in [0.2, 0.25) is 5.91 Å². The first-order chi connectivity index (χ1) is 15.7. The topological polar surface area (TPSA) is 63.4 Å². The molecule has 4 heterocycles. The normalized spacial score (nSPS) is 19.2. The third kappa shape index (κ3) is 3.95. The molecule has 7 heteroatoms. The van der Waals surface area contributed by atoms with E-state index in [0.717, 1.165) is 50.3 Å². The average Bonchev–Trinajstić information content (AvgIpc) is 3.54. The molecule has 0 saturated carbocycles. The second-order valence-corrected chi connectivity index (χ2v) is 8.70. The quantitative estimate of drug-likeness (QED) is 0.635. The van der Waals surface area contributed by atoms with Gasteiger partial charge < -0.3 is 14.4 Å². The van der Waals surface area contributed by atoms with Crippen molar-refractivity contribution in [1.29, 1.82) is 0 Å². The van der Waals surface area contributed by atoms with Gasteiger partial charge >= 0.3 is 0 Å². The molecule has 0 spiro atoms. The Bertz CT molecular complexity index is 1070. The molecule has 0 unspecified atom stereocenters. The zero-order valence-corrected chi connectivity index (χ0v) is 18.3. The Kier molecular flexibility index (Phi) is 5.79. The summed E-state index contributed by atoms with van der Waals surface area (Å²) < 4.78 is 3.72. The summed E-state index contributed by atoms with van der Waals surface area (Å²) in [5, 5.41) is 4.56.